The number of fused-ring (bicyclic) bond motifs is 2. The average molecular weight is 487 g/mol. The summed E-state index contributed by atoms with van der Waals surface area (Å²) < 4.78 is 5.29. The Morgan fingerprint density at radius 3 is 2.59 bits per heavy atom. The van der Waals surface area contributed by atoms with E-state index >= 15 is 0 Å². The number of benzene rings is 3. The van der Waals surface area contributed by atoms with Crippen molar-refractivity contribution in [2.75, 3.05) is 13.7 Å². The molecule has 0 unspecified atom stereocenters. The van der Waals surface area contributed by atoms with Crippen LogP contribution in [0.15, 0.2) is 97.5 Å². The van der Waals surface area contributed by atoms with Gasteiger partial charge in [0.05, 0.1) is 12.8 Å². The van der Waals surface area contributed by atoms with Crippen LogP contribution in [0.1, 0.15) is 15.9 Å². The predicted octanol–water partition coefficient (Wildman–Crippen LogP) is 6.36. The van der Waals surface area contributed by atoms with Crippen LogP contribution in [0.25, 0.3) is 44.2 Å². The third kappa shape index (κ3) is 4.45. The Morgan fingerprint density at radius 2 is 1.73 bits per heavy atom. The number of carbonyl (C=O) groups excluding carboxylic acids is 1. The Labute approximate surface area is 214 Å². The standard InChI is InChI=1S/C31H26N4O2/c1-37-24-8-9-25-23(18-34-30(25)17-24)12-14-33-31(36)22-11-13-32-29(16-22)21-7-10-28-26(15-21)27(19-35-28)20-5-3-2-4-6-20/h2-11,13,15-19,34-35H,12,14H2,1H3,(H,33,36). The maximum absolute atomic E-state index is 12.9. The van der Waals surface area contributed by atoms with E-state index in [2.05, 4.69) is 44.5 Å². The first-order chi connectivity index (χ1) is 18.2. The quantitative estimate of drug-likeness (QED) is 0.246. The van der Waals surface area contributed by atoms with Crippen molar-refractivity contribution in [3.8, 4) is 28.1 Å². The lowest BCUT2D eigenvalue weighted by molar-refractivity contribution is 0.0954. The maximum atomic E-state index is 12.9. The normalized spacial score (nSPS) is 11.2. The molecular formula is C31H26N4O2. The Morgan fingerprint density at radius 1 is 0.865 bits per heavy atom. The van der Waals surface area contributed by atoms with Gasteiger partial charge in [-0.15, -0.1) is 0 Å². The summed E-state index contributed by atoms with van der Waals surface area (Å²) in [6, 6.07) is 26.1. The lowest BCUT2D eigenvalue weighted by atomic mass is 10.0. The molecule has 0 fully saturated rings. The molecule has 182 valence electrons. The predicted molar refractivity (Wildman–Crippen MR) is 148 cm³/mol. The highest BCUT2D eigenvalue weighted by Crippen LogP contribution is 2.32. The van der Waals surface area contributed by atoms with Crippen LogP contribution >= 0.6 is 0 Å². The molecule has 3 heterocycles. The summed E-state index contributed by atoms with van der Waals surface area (Å²) in [5.41, 5.74) is 7.85. The number of aromatic nitrogens is 3. The molecule has 0 bridgehead atoms. The zero-order valence-electron chi connectivity index (χ0n) is 20.4. The molecule has 0 aliphatic heterocycles. The van der Waals surface area contributed by atoms with Crippen molar-refractivity contribution in [3.05, 3.63) is 109 Å². The maximum Gasteiger partial charge on any atom is 0.251 e. The van der Waals surface area contributed by atoms with Crippen molar-refractivity contribution in [3.63, 3.8) is 0 Å². The van der Waals surface area contributed by atoms with Crippen LogP contribution in [0.3, 0.4) is 0 Å². The second-order valence-corrected chi connectivity index (χ2v) is 8.99. The van der Waals surface area contributed by atoms with Crippen molar-refractivity contribution in [1.82, 2.24) is 20.3 Å². The molecule has 3 N–H and O–H groups in total. The van der Waals surface area contributed by atoms with Crippen LogP contribution in [0.2, 0.25) is 0 Å². The van der Waals surface area contributed by atoms with Gasteiger partial charge in [-0.1, -0.05) is 36.4 Å². The Kier molecular flexibility index (Phi) is 5.91. The molecule has 0 spiro atoms. The van der Waals surface area contributed by atoms with E-state index in [0.717, 1.165) is 61.9 Å². The van der Waals surface area contributed by atoms with Gasteiger partial charge in [-0.2, -0.15) is 0 Å². The third-order valence-electron chi connectivity index (χ3n) is 6.74. The smallest absolute Gasteiger partial charge is 0.251 e. The van der Waals surface area contributed by atoms with E-state index in [1.54, 1.807) is 19.4 Å². The van der Waals surface area contributed by atoms with Crippen LogP contribution < -0.4 is 10.1 Å². The summed E-state index contributed by atoms with van der Waals surface area (Å²) in [4.78, 5) is 24.1. The number of ether oxygens (including phenoxy) is 1. The van der Waals surface area contributed by atoms with Gasteiger partial charge in [-0.25, -0.2) is 0 Å². The first-order valence-corrected chi connectivity index (χ1v) is 12.2. The van der Waals surface area contributed by atoms with Crippen molar-refractivity contribution < 1.29 is 9.53 Å². The highest BCUT2D eigenvalue weighted by atomic mass is 16.5. The fourth-order valence-electron chi connectivity index (χ4n) is 4.78. The molecular weight excluding hydrogens is 460 g/mol. The zero-order valence-corrected chi connectivity index (χ0v) is 20.4. The molecule has 37 heavy (non-hydrogen) atoms. The molecule has 6 heteroatoms. The molecule has 0 saturated heterocycles. The third-order valence-corrected chi connectivity index (χ3v) is 6.74. The fourth-order valence-corrected chi connectivity index (χ4v) is 4.78. The van der Waals surface area contributed by atoms with Gasteiger partial charge in [-0.05, 0) is 53.9 Å². The van der Waals surface area contributed by atoms with E-state index in [9.17, 15) is 4.79 Å². The molecule has 0 aliphatic rings. The number of aromatic amines is 2. The Bertz CT molecular complexity index is 1720. The first kappa shape index (κ1) is 22.6. The van der Waals surface area contributed by atoms with E-state index in [1.807, 2.05) is 60.9 Å². The second-order valence-electron chi connectivity index (χ2n) is 8.99. The number of nitrogens with one attached hydrogen (secondary N) is 3. The highest BCUT2D eigenvalue weighted by molar-refractivity contribution is 5.99. The number of pyridine rings is 1. The van der Waals surface area contributed by atoms with Crippen LogP contribution in [0.5, 0.6) is 5.75 Å². The molecule has 0 saturated carbocycles. The number of hydrogen-bond donors (Lipinski definition) is 3. The number of hydrogen-bond acceptors (Lipinski definition) is 3. The Balaban J connectivity index is 1.18. The van der Waals surface area contributed by atoms with Gasteiger partial charge >= 0.3 is 0 Å². The van der Waals surface area contributed by atoms with E-state index in [4.69, 9.17) is 4.74 Å². The van der Waals surface area contributed by atoms with E-state index in [-0.39, 0.29) is 5.91 Å². The van der Waals surface area contributed by atoms with E-state index in [1.165, 1.54) is 0 Å². The molecule has 3 aromatic carbocycles. The summed E-state index contributed by atoms with van der Waals surface area (Å²) in [7, 11) is 1.66. The van der Waals surface area contributed by atoms with Crippen LogP contribution in [0.4, 0.5) is 0 Å². The molecule has 6 nitrogen and oxygen atoms in total. The summed E-state index contributed by atoms with van der Waals surface area (Å²) in [5.74, 6) is 0.701. The van der Waals surface area contributed by atoms with Crippen molar-refractivity contribution in [2.24, 2.45) is 0 Å². The van der Waals surface area contributed by atoms with Crippen molar-refractivity contribution in [2.45, 2.75) is 6.42 Å². The minimum Gasteiger partial charge on any atom is -0.497 e. The number of nitrogens with zero attached hydrogens (tertiary/aromatic N) is 1. The topological polar surface area (TPSA) is 82.8 Å². The van der Waals surface area contributed by atoms with E-state index in [0.29, 0.717) is 12.1 Å². The average Bonchev–Trinajstić information content (AvgIpc) is 3.57. The molecule has 0 atom stereocenters. The number of rotatable bonds is 7. The summed E-state index contributed by atoms with van der Waals surface area (Å²) in [6.07, 6.45) is 6.44. The highest BCUT2D eigenvalue weighted by Gasteiger charge is 2.12. The van der Waals surface area contributed by atoms with Crippen LogP contribution in [-0.4, -0.2) is 34.5 Å². The molecule has 6 aromatic rings. The van der Waals surface area contributed by atoms with E-state index < -0.39 is 0 Å². The molecule has 0 radical (unpaired) electrons. The number of amides is 1. The SMILES string of the molecule is COc1ccc2c(CCNC(=O)c3ccnc(-c4ccc5[nH]cc(-c6ccccc6)c5c4)c3)c[nH]c2c1. The number of methoxy groups -OCH3 is 1. The van der Waals surface area contributed by atoms with Gasteiger partial charge in [0.1, 0.15) is 5.75 Å². The van der Waals surface area contributed by atoms with Crippen molar-refractivity contribution in [1.29, 1.82) is 0 Å². The second kappa shape index (κ2) is 9.66. The van der Waals surface area contributed by atoms with Gasteiger partial charge in [0.2, 0.25) is 0 Å². The minimum atomic E-state index is -0.113. The van der Waals surface area contributed by atoms with Gasteiger partial charge in [-0.3, -0.25) is 9.78 Å². The van der Waals surface area contributed by atoms with Crippen LogP contribution in [0, 0.1) is 0 Å². The minimum absolute atomic E-state index is 0.113. The van der Waals surface area contributed by atoms with Crippen molar-refractivity contribution >= 4 is 27.7 Å². The molecule has 6 rings (SSSR count). The number of H-pyrrole nitrogens is 2. The summed E-state index contributed by atoms with van der Waals surface area (Å²) in [5, 5.41) is 5.31. The number of carbonyl (C=O) groups is 1. The van der Waals surface area contributed by atoms with Gasteiger partial charge in [0, 0.05) is 69.7 Å². The van der Waals surface area contributed by atoms with Gasteiger partial charge in [0.25, 0.3) is 5.91 Å². The van der Waals surface area contributed by atoms with Gasteiger partial charge < -0.3 is 20.0 Å². The Hall–Kier alpha value is -4.84. The summed E-state index contributed by atoms with van der Waals surface area (Å²) in [6.45, 7) is 0.533. The zero-order chi connectivity index (χ0) is 25.2. The molecule has 3 aromatic heterocycles. The first-order valence-electron chi connectivity index (χ1n) is 12.2. The summed E-state index contributed by atoms with van der Waals surface area (Å²) >= 11 is 0. The molecule has 0 aliphatic carbocycles. The van der Waals surface area contributed by atoms with Gasteiger partial charge in [0.15, 0.2) is 0 Å². The fraction of sp³-hybridized carbons (Fsp3) is 0.0968. The van der Waals surface area contributed by atoms with Crippen LogP contribution in [-0.2, 0) is 6.42 Å². The lowest BCUT2D eigenvalue weighted by Gasteiger charge is -2.08. The monoisotopic (exact) mass is 486 g/mol. The molecule has 1 amide bonds. The largest absolute Gasteiger partial charge is 0.497 e. The lowest BCUT2D eigenvalue weighted by Crippen LogP contribution is -2.25.